The number of halogens is 1. The van der Waals surface area contributed by atoms with E-state index in [1.807, 2.05) is 54.6 Å². The number of fused-ring (bicyclic) bond motifs is 1. The lowest BCUT2D eigenvalue weighted by atomic mass is 10.0. The summed E-state index contributed by atoms with van der Waals surface area (Å²) in [5.74, 6) is -0.146. The lowest BCUT2D eigenvalue weighted by Gasteiger charge is -2.09. The molecular formula is C24H18BrN3O3. The van der Waals surface area contributed by atoms with Crippen LogP contribution in [0.2, 0.25) is 0 Å². The summed E-state index contributed by atoms with van der Waals surface area (Å²) in [6, 6.07) is 22.2. The Morgan fingerprint density at radius 2 is 1.84 bits per heavy atom. The summed E-state index contributed by atoms with van der Waals surface area (Å²) in [4.78, 5) is 17.6. The van der Waals surface area contributed by atoms with Crippen molar-refractivity contribution < 1.29 is 14.6 Å². The first-order chi connectivity index (χ1) is 15.1. The van der Waals surface area contributed by atoms with Gasteiger partial charge in [-0.2, -0.15) is 5.10 Å². The monoisotopic (exact) mass is 475 g/mol. The van der Waals surface area contributed by atoms with Crippen LogP contribution in [0.3, 0.4) is 0 Å². The van der Waals surface area contributed by atoms with Crippen molar-refractivity contribution in [3.05, 3.63) is 88.4 Å². The lowest BCUT2D eigenvalue weighted by Crippen LogP contribution is -2.18. The quantitative estimate of drug-likeness (QED) is 0.309. The Hall–Kier alpha value is -3.71. The van der Waals surface area contributed by atoms with Gasteiger partial charge in [-0.1, -0.05) is 64.5 Å². The molecule has 0 saturated carbocycles. The van der Waals surface area contributed by atoms with E-state index in [4.69, 9.17) is 4.74 Å². The average molecular weight is 476 g/mol. The number of nitrogens with one attached hydrogen (secondary N) is 1. The van der Waals surface area contributed by atoms with Crippen LogP contribution >= 0.6 is 15.9 Å². The summed E-state index contributed by atoms with van der Waals surface area (Å²) >= 11 is 3.36. The number of carbonyl (C=O) groups excluding carboxylic acids is 1. The Balaban J connectivity index is 1.67. The van der Waals surface area contributed by atoms with Crippen LogP contribution in [-0.2, 0) is 0 Å². The molecule has 2 N–H and O–H groups in total. The van der Waals surface area contributed by atoms with Crippen LogP contribution in [0, 0.1) is 0 Å². The molecule has 1 amide bonds. The number of aromatic hydroxyl groups is 1. The van der Waals surface area contributed by atoms with Gasteiger partial charge in [0.05, 0.1) is 30.1 Å². The average Bonchev–Trinajstić information content (AvgIpc) is 2.80. The molecule has 31 heavy (non-hydrogen) atoms. The van der Waals surface area contributed by atoms with Gasteiger partial charge in [0, 0.05) is 21.0 Å². The Morgan fingerprint density at radius 3 is 2.61 bits per heavy atom. The molecule has 0 spiro atoms. The number of hydrazone groups is 1. The summed E-state index contributed by atoms with van der Waals surface area (Å²) in [6.45, 7) is 0. The molecule has 0 unspecified atom stereocenters. The van der Waals surface area contributed by atoms with E-state index in [9.17, 15) is 9.90 Å². The molecule has 0 fully saturated rings. The first kappa shape index (κ1) is 20.6. The zero-order chi connectivity index (χ0) is 21.8. The molecule has 4 rings (SSSR count). The second-order valence-corrected chi connectivity index (χ2v) is 7.60. The highest BCUT2D eigenvalue weighted by Gasteiger charge is 2.14. The fraction of sp³-hybridized carbons (Fsp3) is 0.0417. The number of para-hydroxylation sites is 1. The van der Waals surface area contributed by atoms with Crippen molar-refractivity contribution in [2.75, 3.05) is 7.11 Å². The maximum atomic E-state index is 13.0. The molecule has 0 aliphatic heterocycles. The largest absolute Gasteiger partial charge is 0.504 e. The number of rotatable bonds is 5. The van der Waals surface area contributed by atoms with Crippen LogP contribution in [0.25, 0.3) is 22.2 Å². The van der Waals surface area contributed by atoms with Crippen molar-refractivity contribution >= 4 is 39.0 Å². The van der Waals surface area contributed by atoms with E-state index in [0.717, 1.165) is 10.9 Å². The molecule has 3 aromatic carbocycles. The Bertz CT molecular complexity index is 1290. The molecule has 7 heteroatoms. The van der Waals surface area contributed by atoms with Crippen LogP contribution < -0.4 is 10.2 Å². The smallest absolute Gasteiger partial charge is 0.272 e. The third kappa shape index (κ3) is 4.41. The molecular weight excluding hydrogens is 458 g/mol. The van der Waals surface area contributed by atoms with Gasteiger partial charge in [-0.25, -0.2) is 10.4 Å². The van der Waals surface area contributed by atoms with E-state index < -0.39 is 0 Å². The number of hydrogen-bond donors (Lipinski definition) is 2. The summed E-state index contributed by atoms with van der Waals surface area (Å²) < 4.78 is 5.84. The second-order valence-electron chi connectivity index (χ2n) is 6.68. The van der Waals surface area contributed by atoms with Crippen LogP contribution in [0.1, 0.15) is 15.9 Å². The summed E-state index contributed by atoms with van der Waals surface area (Å²) in [6.07, 6.45) is 1.36. The first-order valence-electron chi connectivity index (χ1n) is 9.42. The third-order valence-electron chi connectivity index (χ3n) is 4.69. The molecule has 1 heterocycles. The molecule has 6 nitrogen and oxygen atoms in total. The fourth-order valence-corrected chi connectivity index (χ4v) is 3.64. The number of phenols is 1. The van der Waals surface area contributed by atoms with E-state index in [0.29, 0.717) is 32.6 Å². The minimum atomic E-state index is -0.381. The highest BCUT2D eigenvalue weighted by Crippen LogP contribution is 2.32. The van der Waals surface area contributed by atoms with E-state index in [1.165, 1.54) is 13.3 Å². The number of pyridine rings is 1. The topological polar surface area (TPSA) is 83.8 Å². The number of methoxy groups -OCH3 is 1. The second kappa shape index (κ2) is 8.97. The third-order valence-corrected chi connectivity index (χ3v) is 5.15. The van der Waals surface area contributed by atoms with Crippen LogP contribution in [0.5, 0.6) is 11.5 Å². The van der Waals surface area contributed by atoms with Gasteiger partial charge in [-0.15, -0.1) is 0 Å². The molecule has 0 atom stereocenters. The maximum Gasteiger partial charge on any atom is 0.272 e. The SMILES string of the molecule is COc1cc(Br)cc(C=NNC(=O)c2cc(-c3ccccc3)nc3ccccc23)c1O. The fourth-order valence-electron chi connectivity index (χ4n) is 3.19. The minimum Gasteiger partial charge on any atom is -0.504 e. The number of nitrogens with zero attached hydrogens (tertiary/aromatic N) is 2. The van der Waals surface area contributed by atoms with Crippen molar-refractivity contribution in [1.29, 1.82) is 0 Å². The number of ether oxygens (including phenoxy) is 1. The van der Waals surface area contributed by atoms with Gasteiger partial charge in [0.25, 0.3) is 5.91 Å². The van der Waals surface area contributed by atoms with Gasteiger partial charge >= 0.3 is 0 Å². The van der Waals surface area contributed by atoms with Gasteiger partial charge in [-0.3, -0.25) is 4.79 Å². The number of aromatic nitrogens is 1. The normalized spacial score (nSPS) is 11.0. The number of benzene rings is 3. The van der Waals surface area contributed by atoms with Gasteiger partial charge in [-0.05, 0) is 24.3 Å². The van der Waals surface area contributed by atoms with E-state index >= 15 is 0 Å². The van der Waals surface area contributed by atoms with Crippen molar-refractivity contribution in [2.45, 2.75) is 0 Å². The maximum absolute atomic E-state index is 13.0. The number of hydrogen-bond acceptors (Lipinski definition) is 5. The molecule has 1 aromatic heterocycles. The van der Waals surface area contributed by atoms with Crippen molar-refractivity contribution in [1.82, 2.24) is 10.4 Å². The zero-order valence-corrected chi connectivity index (χ0v) is 18.1. The van der Waals surface area contributed by atoms with E-state index in [1.54, 1.807) is 18.2 Å². The predicted octanol–water partition coefficient (Wildman–Crippen LogP) is 5.14. The van der Waals surface area contributed by atoms with Gasteiger partial charge in [0.2, 0.25) is 0 Å². The van der Waals surface area contributed by atoms with Crippen molar-refractivity contribution in [3.8, 4) is 22.8 Å². The summed E-state index contributed by atoms with van der Waals surface area (Å²) in [5.41, 5.74) is 5.72. The highest BCUT2D eigenvalue weighted by molar-refractivity contribution is 9.10. The van der Waals surface area contributed by atoms with Gasteiger partial charge in [0.15, 0.2) is 11.5 Å². The van der Waals surface area contributed by atoms with Crippen molar-refractivity contribution in [2.24, 2.45) is 5.10 Å². The van der Waals surface area contributed by atoms with Crippen LogP contribution in [0.4, 0.5) is 0 Å². The summed E-state index contributed by atoms with van der Waals surface area (Å²) in [7, 11) is 1.46. The van der Waals surface area contributed by atoms with Gasteiger partial charge in [0.1, 0.15) is 0 Å². The van der Waals surface area contributed by atoms with Crippen LogP contribution in [0.15, 0.2) is 82.4 Å². The zero-order valence-electron chi connectivity index (χ0n) is 16.5. The molecule has 0 radical (unpaired) electrons. The molecule has 0 aliphatic rings. The van der Waals surface area contributed by atoms with Crippen molar-refractivity contribution in [3.63, 3.8) is 0 Å². The molecule has 0 bridgehead atoms. The first-order valence-corrected chi connectivity index (χ1v) is 10.2. The Morgan fingerprint density at radius 1 is 1.10 bits per heavy atom. The summed E-state index contributed by atoms with van der Waals surface area (Å²) in [5, 5.41) is 15.0. The van der Waals surface area contributed by atoms with E-state index in [-0.39, 0.29) is 11.7 Å². The number of amides is 1. The standard InChI is InChI=1S/C24H18BrN3O3/c1-31-22-12-17(25)11-16(23(22)29)14-26-28-24(30)19-13-21(15-7-3-2-4-8-15)27-20-10-6-5-9-18(19)20/h2-14,29H,1H3,(H,28,30). The number of phenolic OH excluding ortho intramolecular Hbond substituents is 1. The molecule has 154 valence electrons. The predicted molar refractivity (Wildman–Crippen MR) is 125 cm³/mol. The minimum absolute atomic E-state index is 0.0653. The lowest BCUT2D eigenvalue weighted by molar-refractivity contribution is 0.0956. The molecule has 0 aliphatic carbocycles. The number of carbonyl (C=O) groups is 1. The molecule has 0 saturated heterocycles. The molecule has 4 aromatic rings. The van der Waals surface area contributed by atoms with E-state index in [2.05, 4.69) is 31.4 Å². The highest BCUT2D eigenvalue weighted by atomic mass is 79.9. The van der Waals surface area contributed by atoms with Gasteiger partial charge < -0.3 is 9.84 Å². The Kier molecular flexibility index (Phi) is 5.95. The Labute approximate surface area is 187 Å². The van der Waals surface area contributed by atoms with Crippen LogP contribution in [-0.4, -0.2) is 29.3 Å².